The van der Waals surface area contributed by atoms with E-state index in [4.69, 9.17) is 14.2 Å². The fraction of sp³-hybridized carbons (Fsp3) is 0.438. The Morgan fingerprint density at radius 3 is 2.72 bits per heavy atom. The molecule has 0 unspecified atom stereocenters. The lowest BCUT2D eigenvalue weighted by molar-refractivity contribution is -0.127. The SMILES string of the molecule is COc1ccc(NC(=O)N2CC[C@@H](N3C(=O)COC3=O)C2)c(OC)c1. The first-order valence-corrected chi connectivity index (χ1v) is 7.80. The fourth-order valence-electron chi connectivity index (χ4n) is 2.95. The van der Waals surface area contributed by atoms with Crippen LogP contribution in [0, 0.1) is 0 Å². The van der Waals surface area contributed by atoms with Crippen LogP contribution in [0.4, 0.5) is 15.3 Å². The Bertz CT molecular complexity index is 691. The third-order valence-corrected chi connectivity index (χ3v) is 4.25. The topological polar surface area (TPSA) is 97.4 Å². The van der Waals surface area contributed by atoms with E-state index in [1.165, 1.54) is 7.11 Å². The van der Waals surface area contributed by atoms with Crippen molar-refractivity contribution in [1.82, 2.24) is 9.80 Å². The number of cyclic esters (lactones) is 1. The molecule has 4 amide bonds. The van der Waals surface area contributed by atoms with Crippen molar-refractivity contribution >= 4 is 23.7 Å². The van der Waals surface area contributed by atoms with E-state index in [-0.39, 0.29) is 31.1 Å². The molecule has 134 valence electrons. The van der Waals surface area contributed by atoms with Crippen molar-refractivity contribution in [3.05, 3.63) is 18.2 Å². The number of urea groups is 1. The first-order valence-electron chi connectivity index (χ1n) is 7.80. The molecule has 2 aliphatic heterocycles. The highest BCUT2D eigenvalue weighted by Gasteiger charge is 2.41. The van der Waals surface area contributed by atoms with Gasteiger partial charge >= 0.3 is 12.1 Å². The summed E-state index contributed by atoms with van der Waals surface area (Å²) >= 11 is 0. The van der Waals surface area contributed by atoms with Gasteiger partial charge in [-0.25, -0.2) is 14.5 Å². The lowest BCUT2D eigenvalue weighted by Crippen LogP contribution is -2.42. The van der Waals surface area contributed by atoms with Crippen LogP contribution in [-0.2, 0) is 9.53 Å². The van der Waals surface area contributed by atoms with E-state index in [1.54, 1.807) is 30.2 Å². The molecule has 3 rings (SSSR count). The molecule has 1 aromatic rings. The van der Waals surface area contributed by atoms with Gasteiger partial charge in [0.2, 0.25) is 0 Å². The van der Waals surface area contributed by atoms with Crippen molar-refractivity contribution in [2.24, 2.45) is 0 Å². The smallest absolute Gasteiger partial charge is 0.417 e. The Kier molecular flexibility index (Phi) is 4.64. The molecule has 0 aliphatic carbocycles. The molecule has 0 bridgehead atoms. The van der Waals surface area contributed by atoms with E-state index in [0.717, 1.165) is 4.90 Å². The van der Waals surface area contributed by atoms with E-state index in [0.29, 0.717) is 30.2 Å². The zero-order valence-electron chi connectivity index (χ0n) is 14.0. The quantitative estimate of drug-likeness (QED) is 0.880. The van der Waals surface area contributed by atoms with Crippen LogP contribution in [0.1, 0.15) is 6.42 Å². The third-order valence-electron chi connectivity index (χ3n) is 4.25. The minimum Gasteiger partial charge on any atom is -0.497 e. The molecule has 2 heterocycles. The number of amides is 4. The number of carbonyl (C=O) groups excluding carboxylic acids is 3. The standard InChI is InChI=1S/C16H19N3O6/c1-23-11-3-4-12(13(7-11)24-2)17-15(21)18-6-5-10(8-18)19-14(20)9-25-16(19)22/h3-4,7,10H,5-6,8-9H2,1-2H3,(H,17,21)/t10-/m1/s1. The molecule has 0 saturated carbocycles. The van der Waals surface area contributed by atoms with Crippen LogP contribution < -0.4 is 14.8 Å². The lowest BCUT2D eigenvalue weighted by Gasteiger charge is -2.21. The number of methoxy groups -OCH3 is 2. The van der Waals surface area contributed by atoms with Crippen molar-refractivity contribution in [3.8, 4) is 11.5 Å². The number of nitrogens with zero attached hydrogens (tertiary/aromatic N) is 2. The molecule has 0 spiro atoms. The maximum atomic E-state index is 12.5. The third kappa shape index (κ3) is 3.30. The van der Waals surface area contributed by atoms with E-state index >= 15 is 0 Å². The summed E-state index contributed by atoms with van der Waals surface area (Å²) in [6.07, 6.45) is -0.123. The molecule has 0 radical (unpaired) electrons. The number of rotatable bonds is 4. The summed E-state index contributed by atoms with van der Waals surface area (Å²) in [5.41, 5.74) is 0.508. The second-order valence-corrected chi connectivity index (χ2v) is 5.70. The number of carbonyl (C=O) groups is 3. The van der Waals surface area contributed by atoms with Gasteiger partial charge in [-0.15, -0.1) is 0 Å². The number of benzene rings is 1. The number of ether oxygens (including phenoxy) is 3. The molecule has 2 saturated heterocycles. The average Bonchev–Trinajstić information content (AvgIpc) is 3.21. The van der Waals surface area contributed by atoms with Gasteiger partial charge in [0.05, 0.1) is 25.9 Å². The van der Waals surface area contributed by atoms with Crippen molar-refractivity contribution in [1.29, 1.82) is 0 Å². The van der Waals surface area contributed by atoms with Gasteiger partial charge in [0.25, 0.3) is 5.91 Å². The van der Waals surface area contributed by atoms with E-state index < -0.39 is 6.09 Å². The number of anilines is 1. The van der Waals surface area contributed by atoms with Gasteiger partial charge in [0.1, 0.15) is 11.5 Å². The first kappa shape index (κ1) is 16.9. The second-order valence-electron chi connectivity index (χ2n) is 5.70. The molecule has 9 nitrogen and oxygen atoms in total. The van der Waals surface area contributed by atoms with Gasteiger partial charge in [-0.1, -0.05) is 0 Å². The Labute approximate surface area is 144 Å². The van der Waals surface area contributed by atoms with Crippen molar-refractivity contribution < 1.29 is 28.6 Å². The van der Waals surface area contributed by atoms with Gasteiger partial charge in [0, 0.05) is 19.2 Å². The molecular weight excluding hydrogens is 330 g/mol. The Hall–Kier alpha value is -2.97. The fourth-order valence-corrected chi connectivity index (χ4v) is 2.95. The van der Waals surface area contributed by atoms with Crippen molar-refractivity contribution in [3.63, 3.8) is 0 Å². The van der Waals surface area contributed by atoms with Crippen molar-refractivity contribution in [2.45, 2.75) is 12.5 Å². The molecule has 0 aromatic heterocycles. The van der Waals surface area contributed by atoms with Gasteiger partial charge in [-0.2, -0.15) is 0 Å². The van der Waals surface area contributed by atoms with E-state index in [1.807, 2.05) is 0 Å². The second kappa shape index (κ2) is 6.88. The Morgan fingerprint density at radius 1 is 1.28 bits per heavy atom. The lowest BCUT2D eigenvalue weighted by atomic mass is 10.2. The largest absolute Gasteiger partial charge is 0.497 e. The molecule has 25 heavy (non-hydrogen) atoms. The van der Waals surface area contributed by atoms with Gasteiger partial charge < -0.3 is 24.4 Å². The highest BCUT2D eigenvalue weighted by atomic mass is 16.6. The molecule has 9 heteroatoms. The molecule has 2 fully saturated rings. The zero-order valence-corrected chi connectivity index (χ0v) is 14.0. The van der Waals surface area contributed by atoms with Gasteiger partial charge in [0.15, 0.2) is 6.61 Å². The maximum absolute atomic E-state index is 12.5. The van der Waals surface area contributed by atoms with Gasteiger partial charge in [-0.05, 0) is 18.6 Å². The number of nitrogens with one attached hydrogen (secondary N) is 1. The predicted molar refractivity (Wildman–Crippen MR) is 86.7 cm³/mol. The monoisotopic (exact) mass is 349 g/mol. The van der Waals surface area contributed by atoms with E-state index in [9.17, 15) is 14.4 Å². The van der Waals surface area contributed by atoms with E-state index in [2.05, 4.69) is 5.32 Å². The van der Waals surface area contributed by atoms with Crippen LogP contribution >= 0.6 is 0 Å². The summed E-state index contributed by atoms with van der Waals surface area (Å²) < 4.78 is 15.1. The average molecular weight is 349 g/mol. The zero-order chi connectivity index (χ0) is 18.0. The summed E-state index contributed by atoms with van der Waals surface area (Å²) in [6, 6.07) is 4.38. The molecule has 1 aromatic carbocycles. The maximum Gasteiger partial charge on any atom is 0.417 e. The summed E-state index contributed by atoms with van der Waals surface area (Å²) in [4.78, 5) is 38.5. The summed E-state index contributed by atoms with van der Waals surface area (Å²) in [5.74, 6) is 0.720. The van der Waals surface area contributed by atoms with Gasteiger partial charge in [-0.3, -0.25) is 4.79 Å². The highest BCUT2D eigenvalue weighted by Crippen LogP contribution is 2.29. The van der Waals surface area contributed by atoms with Crippen molar-refractivity contribution in [2.75, 3.05) is 39.2 Å². The summed E-state index contributed by atoms with van der Waals surface area (Å²) in [7, 11) is 3.04. The predicted octanol–water partition coefficient (Wildman–Crippen LogP) is 1.29. The number of likely N-dealkylation sites (tertiary alicyclic amines) is 1. The Morgan fingerprint density at radius 2 is 2.08 bits per heavy atom. The minimum absolute atomic E-state index is 0.232. The van der Waals surface area contributed by atoms with Crippen LogP contribution in [0.15, 0.2) is 18.2 Å². The highest BCUT2D eigenvalue weighted by molar-refractivity contribution is 5.98. The van der Waals surface area contributed by atoms with Crippen LogP contribution in [0.3, 0.4) is 0 Å². The Balaban J connectivity index is 1.65. The number of hydrogen-bond acceptors (Lipinski definition) is 6. The molecule has 1 N–H and O–H groups in total. The molecule has 1 atom stereocenters. The van der Waals surface area contributed by atoms with Crippen LogP contribution in [0.5, 0.6) is 11.5 Å². The molecule has 2 aliphatic rings. The van der Waals surface area contributed by atoms with Crippen LogP contribution in [-0.4, -0.2) is 67.8 Å². The molecular formula is C16H19N3O6. The van der Waals surface area contributed by atoms with Crippen LogP contribution in [0.2, 0.25) is 0 Å². The number of imide groups is 1. The minimum atomic E-state index is -0.644. The first-order chi connectivity index (χ1) is 12.0. The van der Waals surface area contributed by atoms with Crippen LogP contribution in [0.25, 0.3) is 0 Å². The number of hydrogen-bond donors (Lipinski definition) is 1. The normalized spacial score (nSPS) is 19.8. The summed E-state index contributed by atoms with van der Waals surface area (Å²) in [6.45, 7) is 0.474. The summed E-state index contributed by atoms with van der Waals surface area (Å²) in [5, 5.41) is 2.78.